The van der Waals surface area contributed by atoms with Crippen molar-refractivity contribution >= 4 is 5.91 Å². The van der Waals surface area contributed by atoms with E-state index in [1.54, 1.807) is 0 Å². The Morgan fingerprint density at radius 3 is 2.94 bits per heavy atom. The van der Waals surface area contributed by atoms with Crippen molar-refractivity contribution in [1.82, 2.24) is 10.6 Å². The highest BCUT2D eigenvalue weighted by atomic mass is 16.1. The first-order chi connectivity index (χ1) is 8.66. The molecule has 1 aromatic rings. The molecule has 18 heavy (non-hydrogen) atoms. The predicted octanol–water partition coefficient (Wildman–Crippen LogP) is 2.29. The molecule has 0 spiro atoms. The van der Waals surface area contributed by atoms with E-state index in [-0.39, 0.29) is 11.9 Å². The van der Waals surface area contributed by atoms with E-state index in [2.05, 4.69) is 16.7 Å². The van der Waals surface area contributed by atoms with Crippen LogP contribution in [0.5, 0.6) is 0 Å². The molecule has 1 heterocycles. The van der Waals surface area contributed by atoms with Crippen molar-refractivity contribution in [2.24, 2.45) is 0 Å². The summed E-state index contributed by atoms with van der Waals surface area (Å²) < 4.78 is 0. The molecular weight excluding hydrogens is 224 g/mol. The average molecular weight is 246 g/mol. The fourth-order valence-electron chi connectivity index (χ4n) is 2.42. The maximum Gasteiger partial charge on any atom is 0.251 e. The van der Waals surface area contributed by atoms with Gasteiger partial charge in [-0.2, -0.15) is 0 Å². The van der Waals surface area contributed by atoms with Gasteiger partial charge in [0, 0.05) is 18.2 Å². The zero-order chi connectivity index (χ0) is 13.0. The van der Waals surface area contributed by atoms with E-state index >= 15 is 0 Å². The van der Waals surface area contributed by atoms with Gasteiger partial charge in [-0.1, -0.05) is 12.1 Å². The molecule has 0 saturated carbocycles. The number of amides is 1. The van der Waals surface area contributed by atoms with E-state index in [1.807, 2.05) is 32.0 Å². The Kier molecular flexibility index (Phi) is 4.37. The minimum atomic E-state index is 0.0237. The Labute approximate surface area is 109 Å². The number of carbonyl (C=O) groups is 1. The van der Waals surface area contributed by atoms with E-state index in [0.29, 0.717) is 5.92 Å². The molecular formula is C15H22N2O. The van der Waals surface area contributed by atoms with E-state index in [0.717, 1.165) is 18.7 Å². The topological polar surface area (TPSA) is 41.1 Å². The minimum absolute atomic E-state index is 0.0237. The molecule has 0 aromatic heterocycles. The third kappa shape index (κ3) is 3.33. The highest BCUT2D eigenvalue weighted by molar-refractivity contribution is 5.94. The van der Waals surface area contributed by atoms with Crippen LogP contribution in [0.1, 0.15) is 48.5 Å². The second kappa shape index (κ2) is 6.01. The Bertz CT molecular complexity index is 409. The summed E-state index contributed by atoms with van der Waals surface area (Å²) in [6.45, 7) is 6.10. The third-order valence-electron chi connectivity index (χ3n) is 3.34. The van der Waals surface area contributed by atoms with E-state index in [9.17, 15) is 4.79 Å². The van der Waals surface area contributed by atoms with Crippen LogP contribution < -0.4 is 10.6 Å². The normalized spacial score (nSPS) is 19.8. The summed E-state index contributed by atoms with van der Waals surface area (Å²) in [4.78, 5) is 12.0. The lowest BCUT2D eigenvalue weighted by atomic mass is 9.90. The van der Waals surface area contributed by atoms with Crippen LogP contribution in [0.3, 0.4) is 0 Å². The fourth-order valence-corrected chi connectivity index (χ4v) is 2.42. The molecule has 1 unspecified atom stereocenters. The minimum Gasteiger partial charge on any atom is -0.350 e. The standard InChI is InChI=1S/C15H22N2O/c1-11(2)17-15(18)13-6-3-5-12(9-13)14-7-4-8-16-10-14/h3,5-6,9,11,14,16H,4,7-8,10H2,1-2H3,(H,17,18). The SMILES string of the molecule is CC(C)NC(=O)c1cccc(C2CCCNC2)c1. The monoisotopic (exact) mass is 246 g/mol. The number of rotatable bonds is 3. The van der Waals surface area contributed by atoms with Crippen LogP contribution in [-0.4, -0.2) is 25.0 Å². The largest absolute Gasteiger partial charge is 0.350 e. The quantitative estimate of drug-likeness (QED) is 0.859. The van der Waals surface area contributed by atoms with Gasteiger partial charge < -0.3 is 10.6 Å². The lowest BCUT2D eigenvalue weighted by Crippen LogP contribution is -2.31. The number of nitrogens with one attached hydrogen (secondary N) is 2. The lowest BCUT2D eigenvalue weighted by Gasteiger charge is -2.23. The number of hydrogen-bond acceptors (Lipinski definition) is 2. The maximum atomic E-state index is 12.0. The van der Waals surface area contributed by atoms with Crippen LogP contribution in [-0.2, 0) is 0 Å². The second-order valence-electron chi connectivity index (χ2n) is 5.30. The van der Waals surface area contributed by atoms with Crippen LogP contribution in [0.15, 0.2) is 24.3 Å². The van der Waals surface area contributed by atoms with Crippen LogP contribution in [0, 0.1) is 0 Å². The first-order valence-corrected chi connectivity index (χ1v) is 6.78. The van der Waals surface area contributed by atoms with Crippen LogP contribution in [0.4, 0.5) is 0 Å². The molecule has 3 heteroatoms. The molecule has 2 rings (SSSR count). The third-order valence-corrected chi connectivity index (χ3v) is 3.34. The Balaban J connectivity index is 2.11. The molecule has 0 bridgehead atoms. The Morgan fingerprint density at radius 1 is 1.44 bits per heavy atom. The van der Waals surface area contributed by atoms with Crippen molar-refractivity contribution in [1.29, 1.82) is 0 Å². The first-order valence-electron chi connectivity index (χ1n) is 6.78. The summed E-state index contributed by atoms with van der Waals surface area (Å²) in [5.41, 5.74) is 2.05. The van der Waals surface area contributed by atoms with E-state index < -0.39 is 0 Å². The van der Waals surface area contributed by atoms with Gasteiger partial charge >= 0.3 is 0 Å². The van der Waals surface area contributed by atoms with E-state index in [1.165, 1.54) is 18.4 Å². The highest BCUT2D eigenvalue weighted by Crippen LogP contribution is 2.23. The van der Waals surface area contributed by atoms with Crippen LogP contribution in [0.2, 0.25) is 0 Å². The van der Waals surface area contributed by atoms with Gasteiger partial charge in [0.15, 0.2) is 0 Å². The molecule has 2 N–H and O–H groups in total. The molecule has 0 aliphatic carbocycles. The highest BCUT2D eigenvalue weighted by Gasteiger charge is 2.16. The second-order valence-corrected chi connectivity index (χ2v) is 5.30. The zero-order valence-electron chi connectivity index (χ0n) is 11.2. The number of piperidine rings is 1. The first kappa shape index (κ1) is 13.1. The predicted molar refractivity (Wildman–Crippen MR) is 73.9 cm³/mol. The van der Waals surface area contributed by atoms with Crippen molar-refractivity contribution in [2.75, 3.05) is 13.1 Å². The number of carbonyl (C=O) groups excluding carboxylic acids is 1. The van der Waals surface area contributed by atoms with Crippen LogP contribution >= 0.6 is 0 Å². The average Bonchev–Trinajstić information content (AvgIpc) is 2.39. The number of benzene rings is 1. The molecule has 98 valence electrons. The van der Waals surface area contributed by atoms with Gasteiger partial charge in [-0.05, 0) is 56.8 Å². The van der Waals surface area contributed by atoms with Gasteiger partial charge in [-0.15, -0.1) is 0 Å². The molecule has 1 aromatic carbocycles. The summed E-state index contributed by atoms with van der Waals surface area (Å²) in [5.74, 6) is 0.571. The zero-order valence-corrected chi connectivity index (χ0v) is 11.2. The molecule has 1 atom stereocenters. The molecule has 1 aliphatic rings. The molecule has 1 aliphatic heterocycles. The molecule has 1 fully saturated rings. The molecule has 1 saturated heterocycles. The van der Waals surface area contributed by atoms with E-state index in [4.69, 9.17) is 0 Å². The lowest BCUT2D eigenvalue weighted by molar-refractivity contribution is 0.0943. The van der Waals surface area contributed by atoms with Gasteiger partial charge in [0.05, 0.1) is 0 Å². The van der Waals surface area contributed by atoms with Gasteiger partial charge in [0.1, 0.15) is 0 Å². The Morgan fingerprint density at radius 2 is 2.28 bits per heavy atom. The number of hydrogen-bond donors (Lipinski definition) is 2. The summed E-state index contributed by atoms with van der Waals surface area (Å²) in [5, 5.41) is 6.35. The van der Waals surface area contributed by atoms with Crippen LogP contribution in [0.25, 0.3) is 0 Å². The fraction of sp³-hybridized carbons (Fsp3) is 0.533. The molecule has 3 nitrogen and oxygen atoms in total. The summed E-state index contributed by atoms with van der Waals surface area (Å²) in [7, 11) is 0. The van der Waals surface area contributed by atoms with Crippen molar-refractivity contribution in [3.8, 4) is 0 Å². The maximum absolute atomic E-state index is 12.0. The molecule has 1 amide bonds. The van der Waals surface area contributed by atoms with Crippen molar-refractivity contribution in [2.45, 2.75) is 38.6 Å². The van der Waals surface area contributed by atoms with Gasteiger partial charge in [0.2, 0.25) is 0 Å². The van der Waals surface area contributed by atoms with Crippen molar-refractivity contribution < 1.29 is 4.79 Å². The van der Waals surface area contributed by atoms with Gasteiger partial charge in [-0.25, -0.2) is 0 Å². The van der Waals surface area contributed by atoms with Crippen molar-refractivity contribution in [3.63, 3.8) is 0 Å². The van der Waals surface area contributed by atoms with Crippen molar-refractivity contribution in [3.05, 3.63) is 35.4 Å². The summed E-state index contributed by atoms with van der Waals surface area (Å²) in [6, 6.07) is 8.22. The molecule has 0 radical (unpaired) electrons. The smallest absolute Gasteiger partial charge is 0.251 e. The summed E-state index contributed by atoms with van der Waals surface area (Å²) in [6.07, 6.45) is 2.43. The Hall–Kier alpha value is -1.35. The van der Waals surface area contributed by atoms with Gasteiger partial charge in [-0.3, -0.25) is 4.79 Å². The summed E-state index contributed by atoms with van der Waals surface area (Å²) >= 11 is 0. The van der Waals surface area contributed by atoms with Gasteiger partial charge in [0.25, 0.3) is 5.91 Å².